The van der Waals surface area contributed by atoms with Gasteiger partial charge >= 0.3 is 0 Å². The van der Waals surface area contributed by atoms with Gasteiger partial charge in [0.25, 0.3) is 0 Å². The molecule has 0 fully saturated rings. The molecule has 5 heteroatoms. The van der Waals surface area contributed by atoms with Crippen LogP contribution in [0.1, 0.15) is 32.2 Å². The first-order chi connectivity index (χ1) is 8.45. The van der Waals surface area contributed by atoms with Gasteiger partial charge in [-0.3, -0.25) is 4.68 Å². The largest absolute Gasteiger partial charge is 0.392 e. The third kappa shape index (κ3) is 4.59. The standard InChI is InChI=1S/C13H23BrN2OS/c1-5-11-13(14)12(16(4)15-11)6-10(17)8-18-7-9(2)3/h9-10,17H,5-8H2,1-4H3. The number of nitrogens with zero attached hydrogens (tertiary/aromatic N) is 2. The molecule has 1 rings (SSSR count). The van der Waals surface area contributed by atoms with Crippen molar-refractivity contribution in [3.05, 3.63) is 15.9 Å². The number of hydrogen-bond acceptors (Lipinski definition) is 3. The fourth-order valence-electron chi connectivity index (χ4n) is 1.76. The summed E-state index contributed by atoms with van der Waals surface area (Å²) in [5.74, 6) is 2.57. The van der Waals surface area contributed by atoms with Crippen molar-refractivity contribution in [1.82, 2.24) is 9.78 Å². The molecule has 1 atom stereocenters. The van der Waals surface area contributed by atoms with Crippen LogP contribution in [-0.4, -0.2) is 32.5 Å². The van der Waals surface area contributed by atoms with Crippen molar-refractivity contribution in [2.24, 2.45) is 13.0 Å². The van der Waals surface area contributed by atoms with E-state index in [1.54, 1.807) is 0 Å². The number of hydrogen-bond donors (Lipinski definition) is 1. The molecule has 1 N–H and O–H groups in total. The molecule has 18 heavy (non-hydrogen) atoms. The maximum atomic E-state index is 10.1. The van der Waals surface area contributed by atoms with Crippen molar-refractivity contribution < 1.29 is 5.11 Å². The van der Waals surface area contributed by atoms with E-state index in [4.69, 9.17) is 0 Å². The van der Waals surface area contributed by atoms with Crippen LogP contribution in [0.2, 0.25) is 0 Å². The predicted octanol–water partition coefficient (Wildman–Crippen LogP) is 3.04. The number of halogens is 1. The Balaban J connectivity index is 2.53. The van der Waals surface area contributed by atoms with E-state index in [0.717, 1.165) is 33.8 Å². The Morgan fingerprint density at radius 1 is 1.39 bits per heavy atom. The van der Waals surface area contributed by atoms with Gasteiger partial charge in [-0.05, 0) is 34.0 Å². The summed E-state index contributed by atoms with van der Waals surface area (Å²) in [6.45, 7) is 6.49. The van der Waals surface area contributed by atoms with Crippen LogP contribution in [0, 0.1) is 5.92 Å². The van der Waals surface area contributed by atoms with E-state index in [-0.39, 0.29) is 6.10 Å². The Kier molecular flexibility index (Phi) is 6.74. The van der Waals surface area contributed by atoms with Crippen LogP contribution in [0.25, 0.3) is 0 Å². The van der Waals surface area contributed by atoms with Gasteiger partial charge in [0, 0.05) is 19.2 Å². The van der Waals surface area contributed by atoms with E-state index in [1.165, 1.54) is 0 Å². The zero-order valence-electron chi connectivity index (χ0n) is 11.6. The monoisotopic (exact) mass is 334 g/mol. The Morgan fingerprint density at radius 2 is 2.06 bits per heavy atom. The second-order valence-corrected chi connectivity index (χ2v) is 6.84. The minimum Gasteiger partial charge on any atom is -0.392 e. The molecule has 0 saturated heterocycles. The van der Waals surface area contributed by atoms with Gasteiger partial charge in [0.05, 0.1) is 22.0 Å². The highest BCUT2D eigenvalue weighted by atomic mass is 79.9. The van der Waals surface area contributed by atoms with Gasteiger partial charge < -0.3 is 5.11 Å². The van der Waals surface area contributed by atoms with Crippen LogP contribution in [0.5, 0.6) is 0 Å². The van der Waals surface area contributed by atoms with Gasteiger partial charge in [0.1, 0.15) is 0 Å². The normalized spacial score (nSPS) is 13.3. The highest BCUT2D eigenvalue weighted by Crippen LogP contribution is 2.23. The Labute approximate surface area is 122 Å². The van der Waals surface area contributed by atoms with Gasteiger partial charge in [-0.25, -0.2) is 0 Å². The summed E-state index contributed by atoms with van der Waals surface area (Å²) in [4.78, 5) is 0. The molecule has 1 aromatic heterocycles. The number of aliphatic hydroxyl groups excluding tert-OH is 1. The van der Waals surface area contributed by atoms with Crippen LogP contribution >= 0.6 is 27.7 Å². The van der Waals surface area contributed by atoms with Crippen LogP contribution < -0.4 is 0 Å². The summed E-state index contributed by atoms with van der Waals surface area (Å²) in [7, 11) is 1.94. The highest BCUT2D eigenvalue weighted by Gasteiger charge is 2.16. The maximum Gasteiger partial charge on any atom is 0.0766 e. The summed E-state index contributed by atoms with van der Waals surface area (Å²) < 4.78 is 2.93. The third-order valence-corrected chi connectivity index (χ3v) is 5.13. The zero-order valence-corrected chi connectivity index (χ0v) is 14.0. The van der Waals surface area contributed by atoms with Crippen LogP contribution in [0.4, 0.5) is 0 Å². The average Bonchev–Trinajstić information content (AvgIpc) is 2.56. The van der Waals surface area contributed by atoms with E-state index in [2.05, 4.69) is 41.8 Å². The molecule has 1 unspecified atom stereocenters. The first kappa shape index (κ1) is 16.1. The SMILES string of the molecule is CCc1nn(C)c(CC(O)CSCC(C)C)c1Br. The van der Waals surface area contributed by atoms with Crippen molar-refractivity contribution in [1.29, 1.82) is 0 Å². The summed E-state index contributed by atoms with van der Waals surface area (Å²) in [6, 6.07) is 0. The number of aromatic nitrogens is 2. The van der Waals surface area contributed by atoms with E-state index < -0.39 is 0 Å². The maximum absolute atomic E-state index is 10.1. The topological polar surface area (TPSA) is 38.0 Å². The highest BCUT2D eigenvalue weighted by molar-refractivity contribution is 9.10. The van der Waals surface area contributed by atoms with Crippen molar-refractivity contribution in [2.45, 2.75) is 39.7 Å². The Bertz CT molecular complexity index is 379. The minimum absolute atomic E-state index is 0.301. The minimum atomic E-state index is -0.301. The zero-order chi connectivity index (χ0) is 13.7. The van der Waals surface area contributed by atoms with Gasteiger partial charge in [-0.1, -0.05) is 20.8 Å². The first-order valence-electron chi connectivity index (χ1n) is 6.41. The lowest BCUT2D eigenvalue weighted by Gasteiger charge is -2.12. The van der Waals surface area contributed by atoms with Crippen LogP contribution in [-0.2, 0) is 19.9 Å². The average molecular weight is 335 g/mol. The second-order valence-electron chi connectivity index (χ2n) is 4.97. The molecule has 0 aliphatic carbocycles. The molecule has 0 bridgehead atoms. The summed E-state index contributed by atoms with van der Waals surface area (Å²) in [5, 5.41) is 14.5. The molecule has 1 aromatic rings. The van der Waals surface area contributed by atoms with Gasteiger partial charge in [0.2, 0.25) is 0 Å². The summed E-state index contributed by atoms with van der Waals surface area (Å²) in [5.41, 5.74) is 2.15. The van der Waals surface area contributed by atoms with E-state index >= 15 is 0 Å². The third-order valence-electron chi connectivity index (χ3n) is 2.69. The number of aliphatic hydroxyl groups is 1. The summed E-state index contributed by atoms with van der Waals surface area (Å²) in [6.07, 6.45) is 1.27. The van der Waals surface area contributed by atoms with Crippen LogP contribution in [0.15, 0.2) is 4.47 Å². The molecule has 0 amide bonds. The fourth-order valence-corrected chi connectivity index (χ4v) is 3.54. The molecule has 0 aliphatic heterocycles. The number of thioether (sulfide) groups is 1. The molecular weight excluding hydrogens is 312 g/mol. The molecule has 1 heterocycles. The lowest BCUT2D eigenvalue weighted by molar-refractivity contribution is 0.197. The van der Waals surface area contributed by atoms with Crippen LogP contribution in [0.3, 0.4) is 0 Å². The number of rotatable bonds is 7. The van der Waals surface area contributed by atoms with Crippen molar-refractivity contribution in [3.8, 4) is 0 Å². The smallest absolute Gasteiger partial charge is 0.0766 e. The Hall–Kier alpha value is -0.000000000000000111. The fraction of sp³-hybridized carbons (Fsp3) is 0.769. The van der Waals surface area contributed by atoms with Gasteiger partial charge in [0.15, 0.2) is 0 Å². The molecule has 0 aliphatic rings. The lowest BCUT2D eigenvalue weighted by atomic mass is 10.2. The molecule has 104 valence electrons. The quantitative estimate of drug-likeness (QED) is 0.832. The summed E-state index contributed by atoms with van der Waals surface area (Å²) >= 11 is 5.40. The molecular formula is C13H23BrN2OS. The van der Waals surface area contributed by atoms with Crippen molar-refractivity contribution in [3.63, 3.8) is 0 Å². The van der Waals surface area contributed by atoms with E-state index in [0.29, 0.717) is 12.3 Å². The molecule has 0 saturated carbocycles. The second kappa shape index (κ2) is 7.56. The molecule has 3 nitrogen and oxygen atoms in total. The predicted molar refractivity (Wildman–Crippen MR) is 82.2 cm³/mol. The first-order valence-corrected chi connectivity index (χ1v) is 8.36. The van der Waals surface area contributed by atoms with Crippen molar-refractivity contribution in [2.75, 3.05) is 11.5 Å². The van der Waals surface area contributed by atoms with E-state index in [9.17, 15) is 5.11 Å². The van der Waals surface area contributed by atoms with Gasteiger partial charge in [-0.15, -0.1) is 0 Å². The number of aryl methyl sites for hydroxylation is 2. The van der Waals surface area contributed by atoms with Gasteiger partial charge in [-0.2, -0.15) is 16.9 Å². The molecule has 0 spiro atoms. The van der Waals surface area contributed by atoms with E-state index in [1.807, 2.05) is 23.5 Å². The molecule has 0 radical (unpaired) electrons. The lowest BCUT2D eigenvalue weighted by Crippen LogP contribution is -2.17. The Morgan fingerprint density at radius 3 is 2.56 bits per heavy atom. The van der Waals surface area contributed by atoms with Crippen molar-refractivity contribution >= 4 is 27.7 Å². The molecule has 0 aromatic carbocycles.